The fourth-order valence-corrected chi connectivity index (χ4v) is 2.24. The van der Waals surface area contributed by atoms with Crippen LogP contribution in [0.3, 0.4) is 0 Å². The van der Waals surface area contributed by atoms with Crippen molar-refractivity contribution in [2.24, 2.45) is 0 Å². The van der Waals surface area contributed by atoms with E-state index in [-0.39, 0.29) is 0 Å². The van der Waals surface area contributed by atoms with Gasteiger partial charge in [-0.2, -0.15) is 15.6 Å². The second kappa shape index (κ2) is 4.14. The third-order valence-corrected chi connectivity index (χ3v) is 2.95. The Morgan fingerprint density at radius 2 is 2.33 bits per heavy atom. The maximum atomic E-state index is 8.72. The van der Waals surface area contributed by atoms with Gasteiger partial charge in [0.25, 0.3) is 0 Å². The fraction of sp³-hybridized carbons (Fsp3) is 0.545. The zero-order valence-corrected chi connectivity index (χ0v) is 8.48. The smallest absolute Gasteiger partial charge is 0.128 e. The fourth-order valence-electron chi connectivity index (χ4n) is 2.24. The van der Waals surface area contributed by atoms with Gasteiger partial charge in [0.15, 0.2) is 0 Å². The van der Waals surface area contributed by atoms with Gasteiger partial charge in [-0.1, -0.05) is 0 Å². The van der Waals surface area contributed by atoms with Crippen LogP contribution < -0.4 is 0 Å². The van der Waals surface area contributed by atoms with Gasteiger partial charge in [-0.3, -0.25) is 4.68 Å². The highest BCUT2D eigenvalue weighted by molar-refractivity contribution is 5.26. The molecule has 0 bridgehead atoms. The Hall–Kier alpha value is -1.81. The number of hydrogen-bond donors (Lipinski definition) is 0. The molecule has 2 rings (SSSR count). The van der Waals surface area contributed by atoms with Gasteiger partial charge < -0.3 is 0 Å². The summed E-state index contributed by atoms with van der Waals surface area (Å²) >= 11 is 0. The first-order valence-corrected chi connectivity index (χ1v) is 5.15. The standard InChI is InChI=1S/C11H12N4/c12-5-4-9-2-1-3-11-10(9)8-14-15(11)7-6-13/h8-9H,1-4,7H2. The third kappa shape index (κ3) is 1.71. The second-order valence-corrected chi connectivity index (χ2v) is 3.81. The number of hydrogen-bond acceptors (Lipinski definition) is 3. The van der Waals surface area contributed by atoms with E-state index in [1.165, 1.54) is 5.56 Å². The largest absolute Gasteiger partial charge is 0.255 e. The van der Waals surface area contributed by atoms with E-state index in [0.717, 1.165) is 25.0 Å². The summed E-state index contributed by atoms with van der Waals surface area (Å²) in [7, 11) is 0. The lowest BCUT2D eigenvalue weighted by atomic mass is 9.85. The Labute approximate surface area is 88.7 Å². The molecular formula is C11H12N4. The summed E-state index contributed by atoms with van der Waals surface area (Å²) in [5, 5.41) is 21.6. The first-order chi connectivity index (χ1) is 7.36. The average molecular weight is 200 g/mol. The third-order valence-electron chi connectivity index (χ3n) is 2.95. The van der Waals surface area contributed by atoms with E-state index >= 15 is 0 Å². The van der Waals surface area contributed by atoms with E-state index in [0.29, 0.717) is 18.9 Å². The minimum atomic E-state index is 0.314. The van der Waals surface area contributed by atoms with Crippen molar-refractivity contribution in [2.45, 2.75) is 38.1 Å². The van der Waals surface area contributed by atoms with Crippen LogP contribution in [0.25, 0.3) is 0 Å². The van der Waals surface area contributed by atoms with Crippen molar-refractivity contribution < 1.29 is 0 Å². The summed E-state index contributed by atoms with van der Waals surface area (Å²) in [6.45, 7) is 0.314. The molecule has 1 aliphatic carbocycles. The lowest BCUT2D eigenvalue weighted by molar-refractivity contribution is 0.535. The van der Waals surface area contributed by atoms with Gasteiger partial charge in [-0.15, -0.1) is 0 Å². The highest BCUT2D eigenvalue weighted by atomic mass is 15.3. The molecule has 1 aromatic rings. The molecule has 1 aromatic heterocycles. The van der Waals surface area contributed by atoms with Crippen LogP contribution in [0.4, 0.5) is 0 Å². The minimum Gasteiger partial charge on any atom is -0.255 e. The Morgan fingerprint density at radius 1 is 1.47 bits per heavy atom. The molecule has 15 heavy (non-hydrogen) atoms. The zero-order valence-electron chi connectivity index (χ0n) is 8.48. The molecule has 0 saturated carbocycles. The quantitative estimate of drug-likeness (QED) is 0.730. The maximum absolute atomic E-state index is 8.72. The monoisotopic (exact) mass is 200 g/mol. The predicted octanol–water partition coefficient (Wildman–Crippen LogP) is 1.74. The van der Waals surface area contributed by atoms with Crippen LogP contribution >= 0.6 is 0 Å². The molecular weight excluding hydrogens is 188 g/mol. The molecule has 0 N–H and O–H groups in total. The van der Waals surface area contributed by atoms with Gasteiger partial charge in [0, 0.05) is 18.0 Å². The molecule has 0 radical (unpaired) electrons. The van der Waals surface area contributed by atoms with Crippen LogP contribution in [0.15, 0.2) is 6.20 Å². The van der Waals surface area contributed by atoms with Crippen molar-refractivity contribution in [3.8, 4) is 12.1 Å². The van der Waals surface area contributed by atoms with E-state index in [1.807, 2.05) is 6.20 Å². The molecule has 0 saturated heterocycles. The van der Waals surface area contributed by atoms with E-state index in [2.05, 4.69) is 17.2 Å². The van der Waals surface area contributed by atoms with E-state index in [1.54, 1.807) is 4.68 Å². The highest BCUT2D eigenvalue weighted by Gasteiger charge is 2.23. The highest BCUT2D eigenvalue weighted by Crippen LogP contribution is 2.33. The molecule has 1 atom stereocenters. The lowest BCUT2D eigenvalue weighted by Crippen LogP contribution is -2.12. The molecule has 1 unspecified atom stereocenters. The van der Waals surface area contributed by atoms with Gasteiger partial charge in [0.2, 0.25) is 0 Å². The van der Waals surface area contributed by atoms with E-state index in [4.69, 9.17) is 10.5 Å². The van der Waals surface area contributed by atoms with Crippen LogP contribution in [0.1, 0.15) is 36.4 Å². The molecule has 1 heterocycles. The molecule has 1 aliphatic rings. The normalized spacial score (nSPS) is 18.9. The van der Waals surface area contributed by atoms with E-state index in [9.17, 15) is 0 Å². The van der Waals surface area contributed by atoms with Gasteiger partial charge in [0.05, 0.1) is 18.3 Å². The van der Waals surface area contributed by atoms with Crippen LogP contribution in [-0.2, 0) is 13.0 Å². The Kier molecular flexibility index (Phi) is 2.69. The molecule has 0 amide bonds. The molecule has 0 fully saturated rings. The Balaban J connectivity index is 2.31. The number of nitrogens with zero attached hydrogens (tertiary/aromatic N) is 4. The molecule has 0 aliphatic heterocycles. The average Bonchev–Trinajstić information content (AvgIpc) is 2.64. The second-order valence-electron chi connectivity index (χ2n) is 3.81. The maximum Gasteiger partial charge on any atom is 0.128 e. The van der Waals surface area contributed by atoms with Crippen LogP contribution in [0.2, 0.25) is 0 Å². The number of nitriles is 2. The molecule has 0 spiro atoms. The zero-order chi connectivity index (χ0) is 10.7. The lowest BCUT2D eigenvalue weighted by Gasteiger charge is -2.20. The van der Waals surface area contributed by atoms with Crippen molar-refractivity contribution in [1.82, 2.24) is 9.78 Å². The van der Waals surface area contributed by atoms with Crippen molar-refractivity contribution >= 4 is 0 Å². The Bertz CT molecular complexity index is 432. The number of fused-ring (bicyclic) bond motifs is 1. The first-order valence-electron chi connectivity index (χ1n) is 5.15. The van der Waals surface area contributed by atoms with Gasteiger partial charge >= 0.3 is 0 Å². The summed E-state index contributed by atoms with van der Waals surface area (Å²) in [5.74, 6) is 0.325. The summed E-state index contributed by atoms with van der Waals surface area (Å²) in [4.78, 5) is 0. The topological polar surface area (TPSA) is 65.4 Å². The van der Waals surface area contributed by atoms with Gasteiger partial charge in [0.1, 0.15) is 6.54 Å². The molecule has 0 aromatic carbocycles. The Morgan fingerprint density at radius 3 is 3.07 bits per heavy atom. The number of rotatable bonds is 2. The SMILES string of the molecule is N#CCC1CCCc2c1cnn2CC#N. The van der Waals surface area contributed by atoms with Crippen molar-refractivity contribution in [3.63, 3.8) is 0 Å². The summed E-state index contributed by atoms with van der Waals surface area (Å²) in [5.41, 5.74) is 2.33. The van der Waals surface area contributed by atoms with Gasteiger partial charge in [-0.25, -0.2) is 0 Å². The van der Waals surface area contributed by atoms with Crippen LogP contribution in [-0.4, -0.2) is 9.78 Å². The van der Waals surface area contributed by atoms with Crippen LogP contribution in [0, 0.1) is 22.7 Å². The van der Waals surface area contributed by atoms with Crippen molar-refractivity contribution in [1.29, 1.82) is 10.5 Å². The van der Waals surface area contributed by atoms with Gasteiger partial charge in [-0.05, 0) is 24.8 Å². The summed E-state index contributed by atoms with van der Waals surface area (Å²) in [6, 6.07) is 4.32. The number of aromatic nitrogens is 2. The minimum absolute atomic E-state index is 0.314. The van der Waals surface area contributed by atoms with Crippen molar-refractivity contribution in [2.75, 3.05) is 0 Å². The molecule has 76 valence electrons. The summed E-state index contributed by atoms with van der Waals surface area (Å²) in [6.07, 6.45) is 5.54. The van der Waals surface area contributed by atoms with Crippen LogP contribution in [0.5, 0.6) is 0 Å². The first kappa shape index (κ1) is 9.73. The summed E-state index contributed by atoms with van der Waals surface area (Å²) < 4.78 is 1.76. The van der Waals surface area contributed by atoms with Crippen molar-refractivity contribution in [3.05, 3.63) is 17.5 Å². The predicted molar refractivity (Wildman–Crippen MR) is 53.7 cm³/mol. The van der Waals surface area contributed by atoms with E-state index < -0.39 is 0 Å². The molecule has 4 heteroatoms. The molecule has 4 nitrogen and oxygen atoms in total.